The van der Waals surface area contributed by atoms with Crippen molar-refractivity contribution in [3.8, 4) is 11.9 Å². The lowest BCUT2D eigenvalue weighted by Gasteiger charge is -2.22. The number of aromatic nitrogens is 6. The van der Waals surface area contributed by atoms with E-state index in [4.69, 9.17) is 10.00 Å². The van der Waals surface area contributed by atoms with Crippen molar-refractivity contribution in [2.75, 3.05) is 25.6 Å². The van der Waals surface area contributed by atoms with Crippen molar-refractivity contribution in [3.05, 3.63) is 54.2 Å². The van der Waals surface area contributed by atoms with Gasteiger partial charge in [-0.25, -0.2) is 14.4 Å². The van der Waals surface area contributed by atoms with Crippen LogP contribution in [0.2, 0.25) is 0 Å². The molecule has 0 aliphatic carbocycles. The number of hydrogen-bond donors (Lipinski definition) is 3. The van der Waals surface area contributed by atoms with E-state index in [-0.39, 0.29) is 12.1 Å². The molecule has 0 aromatic carbocycles. The highest BCUT2D eigenvalue weighted by molar-refractivity contribution is 6.00. The van der Waals surface area contributed by atoms with Gasteiger partial charge in [0.25, 0.3) is 5.91 Å². The second-order valence-electron chi connectivity index (χ2n) is 8.83. The summed E-state index contributed by atoms with van der Waals surface area (Å²) in [5.74, 6) is -0.222. The lowest BCUT2D eigenvalue weighted by atomic mass is 10.0. The van der Waals surface area contributed by atoms with Crippen LogP contribution in [-0.2, 0) is 11.3 Å². The maximum atomic E-state index is 14.2. The maximum absolute atomic E-state index is 14.2. The van der Waals surface area contributed by atoms with Gasteiger partial charge >= 0.3 is 0 Å². The molecule has 13 heteroatoms. The molecule has 192 valence electrons. The van der Waals surface area contributed by atoms with Crippen LogP contribution in [-0.4, -0.2) is 72.6 Å². The van der Waals surface area contributed by atoms with E-state index in [0.717, 1.165) is 0 Å². The number of alkyl halides is 1. The van der Waals surface area contributed by atoms with Crippen LogP contribution in [0, 0.1) is 11.3 Å². The fourth-order valence-electron chi connectivity index (χ4n) is 3.41. The van der Waals surface area contributed by atoms with Gasteiger partial charge in [-0.1, -0.05) is 0 Å². The van der Waals surface area contributed by atoms with Crippen molar-refractivity contribution in [2.24, 2.45) is 0 Å². The van der Waals surface area contributed by atoms with Gasteiger partial charge in [-0.3, -0.25) is 9.48 Å². The molecule has 1 unspecified atom stereocenters. The fourth-order valence-corrected chi connectivity index (χ4v) is 3.41. The zero-order chi connectivity index (χ0) is 26.6. The summed E-state index contributed by atoms with van der Waals surface area (Å²) in [6.45, 7) is 3.30. The van der Waals surface area contributed by atoms with Crippen molar-refractivity contribution in [3.63, 3.8) is 0 Å². The number of halogens is 1. The van der Waals surface area contributed by atoms with Crippen molar-refractivity contribution in [2.45, 2.75) is 32.2 Å². The predicted octanol–water partition coefficient (Wildman–Crippen LogP) is 2.11. The summed E-state index contributed by atoms with van der Waals surface area (Å²) in [5.41, 5.74) is 0.387. The van der Waals surface area contributed by atoms with Gasteiger partial charge < -0.3 is 20.5 Å². The van der Waals surface area contributed by atoms with Crippen molar-refractivity contribution in [1.82, 2.24) is 34.8 Å². The fraction of sp³-hybridized carbons (Fsp3) is 0.333. The predicted molar refractivity (Wildman–Crippen MR) is 132 cm³/mol. The van der Waals surface area contributed by atoms with E-state index < -0.39 is 17.7 Å². The molecule has 4 aromatic heterocycles. The molecule has 0 fully saturated rings. The number of carbonyl (C=O) groups is 1. The molecule has 4 aromatic rings. The molecule has 1 amide bonds. The van der Waals surface area contributed by atoms with Crippen LogP contribution >= 0.6 is 0 Å². The molecule has 1 atom stereocenters. The Balaban J connectivity index is 1.68. The minimum Gasteiger partial charge on any atom is -0.387 e. The molecule has 0 aliphatic heterocycles. The van der Waals surface area contributed by atoms with Crippen molar-refractivity contribution < 1.29 is 19.0 Å². The number of nitrogens with zero attached hydrogens (tertiary/aromatic N) is 7. The van der Waals surface area contributed by atoms with Gasteiger partial charge in [-0.15, -0.1) is 0 Å². The third-order valence-corrected chi connectivity index (χ3v) is 5.53. The van der Waals surface area contributed by atoms with Gasteiger partial charge in [0.1, 0.15) is 12.2 Å². The van der Waals surface area contributed by atoms with Gasteiger partial charge in [0.2, 0.25) is 0 Å². The number of amides is 1. The van der Waals surface area contributed by atoms with Gasteiger partial charge in [0.15, 0.2) is 11.5 Å². The van der Waals surface area contributed by atoms with Gasteiger partial charge in [0.05, 0.1) is 60.2 Å². The van der Waals surface area contributed by atoms with Crippen LogP contribution in [0.3, 0.4) is 0 Å². The van der Waals surface area contributed by atoms with Crippen LogP contribution < -0.4 is 10.6 Å². The zero-order valence-electron chi connectivity index (χ0n) is 20.5. The highest BCUT2D eigenvalue weighted by atomic mass is 19.1. The summed E-state index contributed by atoms with van der Waals surface area (Å²) in [6.07, 6.45) is 6.02. The van der Waals surface area contributed by atoms with E-state index in [1.165, 1.54) is 30.9 Å². The van der Waals surface area contributed by atoms with E-state index in [1.54, 1.807) is 42.5 Å². The third-order valence-electron chi connectivity index (χ3n) is 5.53. The first-order valence-corrected chi connectivity index (χ1v) is 11.4. The number of anilines is 2. The number of nitriles is 1. The molecular formula is C24H26FN9O3. The lowest BCUT2D eigenvalue weighted by molar-refractivity contribution is -0.00177. The number of rotatable bonds is 10. The number of pyridine rings is 2. The number of ether oxygens (including phenoxy) is 1. The lowest BCUT2D eigenvalue weighted by Crippen LogP contribution is -2.42. The second kappa shape index (κ2) is 10.7. The smallest absolute Gasteiger partial charge is 0.255 e. The van der Waals surface area contributed by atoms with E-state index in [0.29, 0.717) is 46.9 Å². The standard InChI is InChI=1S/C24H26FN9O3/c1-24(2,36)20(25)13-29-23(35)18-12-27-21(34-22-16(10-31-34)6-15(8-26)9-28-22)7-19(18)32-17-11-30-33(14-17)4-5-37-3/h6-7,9-12,14,20,36H,4-5,13H2,1-3H3,(H,27,32)(H,29,35). The van der Waals surface area contributed by atoms with Crippen molar-refractivity contribution >= 4 is 28.3 Å². The summed E-state index contributed by atoms with van der Waals surface area (Å²) < 4.78 is 22.5. The number of nitrogens with one attached hydrogen (secondary N) is 2. The zero-order valence-corrected chi connectivity index (χ0v) is 20.5. The molecule has 12 nitrogen and oxygen atoms in total. The summed E-state index contributed by atoms with van der Waals surface area (Å²) in [5, 5.41) is 33.9. The van der Waals surface area contributed by atoms with Gasteiger partial charge in [0, 0.05) is 37.2 Å². The van der Waals surface area contributed by atoms with Gasteiger partial charge in [-0.05, 0) is 19.9 Å². The summed E-state index contributed by atoms with van der Waals surface area (Å²) in [4.78, 5) is 21.7. The van der Waals surface area contributed by atoms with Crippen molar-refractivity contribution in [1.29, 1.82) is 5.26 Å². The Labute approximate surface area is 211 Å². The molecule has 0 saturated heterocycles. The molecule has 37 heavy (non-hydrogen) atoms. The van der Waals surface area contributed by atoms with Crippen LogP contribution in [0.5, 0.6) is 0 Å². The van der Waals surface area contributed by atoms with E-state index in [9.17, 15) is 14.3 Å². The van der Waals surface area contributed by atoms with Crippen LogP contribution in [0.4, 0.5) is 15.8 Å². The van der Waals surface area contributed by atoms with Crippen LogP contribution in [0.25, 0.3) is 16.9 Å². The molecule has 0 aliphatic rings. The Kier molecular flexibility index (Phi) is 7.42. The molecule has 3 N–H and O–H groups in total. The highest BCUT2D eigenvalue weighted by Crippen LogP contribution is 2.25. The topological polar surface area (TPSA) is 156 Å². The van der Waals surface area contributed by atoms with E-state index in [2.05, 4.69) is 30.8 Å². The van der Waals surface area contributed by atoms with E-state index >= 15 is 0 Å². The molecule has 0 radical (unpaired) electrons. The SMILES string of the molecule is COCCn1cc(Nc2cc(-n3ncc4cc(C#N)cnc43)ncc2C(=O)NCC(F)C(C)(C)O)cn1. The number of hydrogen-bond acceptors (Lipinski definition) is 9. The molecule has 0 bridgehead atoms. The van der Waals surface area contributed by atoms with Crippen LogP contribution in [0.15, 0.2) is 43.1 Å². The Bertz CT molecular complexity index is 1450. The Hall–Kier alpha value is -4.41. The molecule has 4 heterocycles. The normalized spacial score (nSPS) is 12.3. The maximum Gasteiger partial charge on any atom is 0.255 e. The number of fused-ring (bicyclic) bond motifs is 1. The Morgan fingerprint density at radius 1 is 1.24 bits per heavy atom. The first-order chi connectivity index (χ1) is 17.7. The monoisotopic (exact) mass is 507 g/mol. The largest absolute Gasteiger partial charge is 0.387 e. The molecule has 0 saturated carbocycles. The highest BCUT2D eigenvalue weighted by Gasteiger charge is 2.27. The molecule has 0 spiro atoms. The number of methoxy groups -OCH3 is 1. The van der Waals surface area contributed by atoms with Gasteiger partial charge in [-0.2, -0.15) is 20.1 Å². The first-order valence-electron chi connectivity index (χ1n) is 11.4. The van der Waals surface area contributed by atoms with Crippen LogP contribution in [0.1, 0.15) is 29.8 Å². The average Bonchev–Trinajstić information content (AvgIpc) is 3.51. The third kappa shape index (κ3) is 5.88. The minimum atomic E-state index is -1.67. The molecule has 4 rings (SSSR count). The number of aliphatic hydroxyl groups is 1. The summed E-state index contributed by atoms with van der Waals surface area (Å²) in [6, 6.07) is 5.31. The Morgan fingerprint density at radius 3 is 2.78 bits per heavy atom. The second-order valence-corrected chi connectivity index (χ2v) is 8.83. The first kappa shape index (κ1) is 25.7. The number of carbonyl (C=O) groups excluding carboxylic acids is 1. The quantitative estimate of drug-likeness (QED) is 0.293. The average molecular weight is 508 g/mol. The summed E-state index contributed by atoms with van der Waals surface area (Å²) in [7, 11) is 1.60. The summed E-state index contributed by atoms with van der Waals surface area (Å²) >= 11 is 0. The minimum absolute atomic E-state index is 0.146. The van der Waals surface area contributed by atoms with E-state index in [1.807, 2.05) is 6.07 Å². The Morgan fingerprint density at radius 2 is 2.05 bits per heavy atom. The molecular weight excluding hydrogens is 481 g/mol.